The molecule has 1 aromatic heterocycles. The molecule has 1 aliphatic carbocycles. The summed E-state index contributed by atoms with van der Waals surface area (Å²) in [6.07, 6.45) is -2.40. The maximum Gasteiger partial charge on any atom is 0.435 e. The van der Waals surface area contributed by atoms with Gasteiger partial charge in [0.2, 0.25) is 0 Å². The van der Waals surface area contributed by atoms with Crippen molar-refractivity contribution in [1.82, 2.24) is 15.1 Å². The molecule has 1 fully saturated rings. The Morgan fingerprint density at radius 1 is 0.925 bits per heavy atom. The standard InChI is InChI=1S/C30H31F3N6O/c31-30(32,33)27-15-26(39(38-27)25-9-3-5-20(14-25)17-35)29(40)37-24-8-2-6-21(13-24)18-36-28(22-10-11-22)23-7-1-4-19(12-23)16-34/h1-9,12-15,22,28,36H,10-11,16-18,34-35H2,(H,37,40). The normalized spacial score (nSPS) is 14.2. The number of hydrogen-bond donors (Lipinski definition) is 4. The van der Waals surface area contributed by atoms with Crippen molar-refractivity contribution in [3.8, 4) is 5.69 Å². The molecule has 7 nitrogen and oxygen atoms in total. The van der Waals surface area contributed by atoms with Crippen LogP contribution < -0.4 is 22.1 Å². The summed E-state index contributed by atoms with van der Waals surface area (Å²) in [5, 5.41) is 10.1. The van der Waals surface area contributed by atoms with Crippen LogP contribution in [-0.2, 0) is 25.8 Å². The molecule has 0 aliphatic heterocycles. The second-order valence-electron chi connectivity index (χ2n) is 10.00. The molecule has 3 aromatic carbocycles. The number of alkyl halides is 3. The lowest BCUT2D eigenvalue weighted by atomic mass is 9.99. The largest absolute Gasteiger partial charge is 0.435 e. The molecule has 1 heterocycles. The molecule has 0 spiro atoms. The second-order valence-corrected chi connectivity index (χ2v) is 10.00. The molecule has 1 aliphatic rings. The van der Waals surface area contributed by atoms with Crippen LogP contribution in [-0.4, -0.2) is 15.7 Å². The van der Waals surface area contributed by atoms with Crippen molar-refractivity contribution in [2.45, 2.75) is 44.7 Å². The number of halogens is 3. The van der Waals surface area contributed by atoms with Gasteiger partial charge in [-0.05, 0) is 65.3 Å². The van der Waals surface area contributed by atoms with E-state index in [0.29, 0.717) is 35.9 Å². The topological polar surface area (TPSA) is 111 Å². The number of nitrogens with zero attached hydrogens (tertiary/aromatic N) is 2. The Bertz CT molecular complexity index is 1490. The number of aromatic nitrogens is 2. The maximum atomic E-state index is 13.5. The Labute approximate surface area is 230 Å². The van der Waals surface area contributed by atoms with E-state index in [4.69, 9.17) is 11.5 Å². The summed E-state index contributed by atoms with van der Waals surface area (Å²) >= 11 is 0. The first kappa shape index (κ1) is 27.6. The fourth-order valence-electron chi connectivity index (χ4n) is 4.78. The van der Waals surface area contributed by atoms with Crippen molar-refractivity contribution in [2.24, 2.45) is 17.4 Å². The molecule has 4 aromatic rings. The van der Waals surface area contributed by atoms with E-state index in [2.05, 4.69) is 27.9 Å². The van der Waals surface area contributed by atoms with Gasteiger partial charge in [-0.2, -0.15) is 18.3 Å². The summed E-state index contributed by atoms with van der Waals surface area (Å²) in [6.45, 7) is 1.23. The van der Waals surface area contributed by atoms with Crippen LogP contribution in [0, 0.1) is 5.92 Å². The quantitative estimate of drug-likeness (QED) is 0.215. The summed E-state index contributed by atoms with van der Waals surface area (Å²) < 4.78 is 41.6. The molecule has 5 rings (SSSR count). The molecule has 1 saturated carbocycles. The molecule has 0 radical (unpaired) electrons. The first-order valence-corrected chi connectivity index (χ1v) is 13.1. The summed E-state index contributed by atoms with van der Waals surface area (Å²) in [5.74, 6) is -0.155. The average molecular weight is 549 g/mol. The molecule has 6 N–H and O–H groups in total. The van der Waals surface area contributed by atoms with E-state index < -0.39 is 17.8 Å². The number of rotatable bonds is 10. The summed E-state index contributed by atoms with van der Waals surface area (Å²) in [7, 11) is 0. The third kappa shape index (κ3) is 6.41. The Morgan fingerprint density at radius 3 is 2.30 bits per heavy atom. The van der Waals surface area contributed by atoms with Gasteiger partial charge in [-0.15, -0.1) is 0 Å². The zero-order chi connectivity index (χ0) is 28.3. The van der Waals surface area contributed by atoms with Crippen LogP contribution in [0.5, 0.6) is 0 Å². The minimum Gasteiger partial charge on any atom is -0.326 e. The summed E-state index contributed by atoms with van der Waals surface area (Å²) in [4.78, 5) is 13.2. The molecular weight excluding hydrogens is 517 g/mol. The van der Waals surface area contributed by atoms with E-state index in [9.17, 15) is 18.0 Å². The molecule has 1 unspecified atom stereocenters. The van der Waals surface area contributed by atoms with E-state index in [1.165, 1.54) is 5.56 Å². The van der Waals surface area contributed by atoms with E-state index in [0.717, 1.165) is 34.7 Å². The molecule has 40 heavy (non-hydrogen) atoms. The van der Waals surface area contributed by atoms with Gasteiger partial charge in [-0.25, -0.2) is 4.68 Å². The fraction of sp³-hybridized carbons (Fsp3) is 0.267. The van der Waals surface area contributed by atoms with E-state index in [1.807, 2.05) is 24.3 Å². The van der Waals surface area contributed by atoms with Crippen LogP contribution in [0.3, 0.4) is 0 Å². The maximum absolute atomic E-state index is 13.5. The monoisotopic (exact) mass is 548 g/mol. The third-order valence-electron chi connectivity index (χ3n) is 6.97. The Morgan fingerprint density at radius 2 is 1.60 bits per heavy atom. The number of anilines is 1. The summed E-state index contributed by atoms with van der Waals surface area (Å²) in [5.41, 5.74) is 14.8. The van der Waals surface area contributed by atoms with Gasteiger partial charge in [0.05, 0.1) is 5.69 Å². The SMILES string of the molecule is NCc1cccc(C(NCc2cccc(NC(=O)c3cc(C(F)(F)F)nn3-c3cccc(CN)c3)c2)C2CC2)c1. The van der Waals surface area contributed by atoms with Gasteiger partial charge in [0.1, 0.15) is 5.69 Å². The average Bonchev–Trinajstić information content (AvgIpc) is 3.68. The molecule has 10 heteroatoms. The number of amides is 1. The molecule has 0 saturated heterocycles. The predicted molar refractivity (Wildman–Crippen MR) is 147 cm³/mol. The Kier molecular flexibility index (Phi) is 8.02. The molecule has 0 bridgehead atoms. The predicted octanol–water partition coefficient (Wildman–Crippen LogP) is 5.30. The number of nitrogens with two attached hydrogens (primary N) is 2. The lowest BCUT2D eigenvalue weighted by Crippen LogP contribution is -2.23. The minimum absolute atomic E-state index is 0.184. The van der Waals surface area contributed by atoms with Gasteiger partial charge in [0.25, 0.3) is 5.91 Å². The van der Waals surface area contributed by atoms with Crippen molar-refractivity contribution < 1.29 is 18.0 Å². The van der Waals surface area contributed by atoms with Crippen molar-refractivity contribution >= 4 is 11.6 Å². The molecular formula is C30H31F3N6O. The smallest absolute Gasteiger partial charge is 0.326 e. The van der Waals surface area contributed by atoms with Gasteiger partial charge < -0.3 is 22.1 Å². The van der Waals surface area contributed by atoms with Gasteiger partial charge in [-0.1, -0.05) is 48.5 Å². The van der Waals surface area contributed by atoms with Crippen molar-refractivity contribution in [1.29, 1.82) is 0 Å². The van der Waals surface area contributed by atoms with E-state index in [1.54, 1.807) is 36.4 Å². The minimum atomic E-state index is -4.71. The van der Waals surface area contributed by atoms with Gasteiger partial charge in [0, 0.05) is 37.4 Å². The lowest BCUT2D eigenvalue weighted by molar-refractivity contribution is -0.141. The summed E-state index contributed by atoms with van der Waals surface area (Å²) in [6, 6.07) is 23.1. The van der Waals surface area contributed by atoms with Crippen LogP contribution in [0.15, 0.2) is 78.9 Å². The van der Waals surface area contributed by atoms with Crippen molar-refractivity contribution in [3.63, 3.8) is 0 Å². The number of hydrogen-bond acceptors (Lipinski definition) is 5. The molecule has 1 amide bonds. The van der Waals surface area contributed by atoms with E-state index >= 15 is 0 Å². The van der Waals surface area contributed by atoms with Crippen LogP contribution in [0.25, 0.3) is 5.69 Å². The third-order valence-corrected chi connectivity index (χ3v) is 6.97. The Hall–Kier alpha value is -3.99. The first-order valence-electron chi connectivity index (χ1n) is 13.1. The van der Waals surface area contributed by atoms with Crippen LogP contribution in [0.2, 0.25) is 0 Å². The highest BCUT2D eigenvalue weighted by atomic mass is 19.4. The number of nitrogens with one attached hydrogen (secondary N) is 2. The van der Waals surface area contributed by atoms with Crippen molar-refractivity contribution in [3.05, 3.63) is 113 Å². The zero-order valence-corrected chi connectivity index (χ0v) is 21.8. The number of carbonyl (C=O) groups is 1. The Balaban J connectivity index is 1.34. The lowest BCUT2D eigenvalue weighted by Gasteiger charge is -2.20. The van der Waals surface area contributed by atoms with Gasteiger partial charge in [0.15, 0.2) is 5.69 Å². The highest BCUT2D eigenvalue weighted by Crippen LogP contribution is 2.41. The highest BCUT2D eigenvalue weighted by molar-refractivity contribution is 6.03. The van der Waals surface area contributed by atoms with Crippen molar-refractivity contribution in [2.75, 3.05) is 5.32 Å². The number of benzene rings is 3. The first-order chi connectivity index (χ1) is 19.2. The zero-order valence-electron chi connectivity index (χ0n) is 21.8. The second kappa shape index (κ2) is 11.6. The molecule has 208 valence electrons. The number of carbonyl (C=O) groups excluding carboxylic acids is 1. The van der Waals surface area contributed by atoms with Gasteiger partial charge >= 0.3 is 6.18 Å². The van der Waals surface area contributed by atoms with Crippen LogP contribution in [0.4, 0.5) is 18.9 Å². The van der Waals surface area contributed by atoms with Crippen LogP contribution >= 0.6 is 0 Å². The van der Waals surface area contributed by atoms with Gasteiger partial charge in [-0.3, -0.25) is 4.79 Å². The fourth-order valence-corrected chi connectivity index (χ4v) is 4.78. The highest BCUT2D eigenvalue weighted by Gasteiger charge is 2.36. The van der Waals surface area contributed by atoms with Crippen LogP contribution in [0.1, 0.15) is 57.3 Å². The molecule has 1 atom stereocenters. The van der Waals surface area contributed by atoms with E-state index in [-0.39, 0.29) is 18.3 Å².